The van der Waals surface area contributed by atoms with Crippen molar-refractivity contribution >= 4 is 17.5 Å². The molecule has 0 heterocycles. The number of benzene rings is 2. The molecule has 0 aliphatic carbocycles. The summed E-state index contributed by atoms with van der Waals surface area (Å²) >= 11 is 5.88. The van der Waals surface area contributed by atoms with Gasteiger partial charge in [-0.05, 0) is 29.8 Å². The van der Waals surface area contributed by atoms with Crippen molar-refractivity contribution in [1.29, 1.82) is 0 Å². The molecule has 0 spiro atoms. The van der Waals surface area contributed by atoms with E-state index in [4.69, 9.17) is 11.6 Å². The average Bonchev–Trinajstić information content (AvgIpc) is 2.46. The van der Waals surface area contributed by atoms with Gasteiger partial charge >= 0.3 is 0 Å². The largest absolute Gasteiger partial charge is 0.351 e. The van der Waals surface area contributed by atoms with E-state index in [9.17, 15) is 9.18 Å². The summed E-state index contributed by atoms with van der Waals surface area (Å²) in [5, 5.41) is 3.45. The van der Waals surface area contributed by atoms with E-state index in [0.717, 1.165) is 5.56 Å². The molecule has 21 heavy (non-hydrogen) atoms. The summed E-state index contributed by atoms with van der Waals surface area (Å²) in [7, 11) is 0. The van der Waals surface area contributed by atoms with Crippen LogP contribution in [-0.2, 0) is 5.41 Å². The molecule has 1 amide bonds. The Balaban J connectivity index is 2.06. The predicted octanol–water partition coefficient (Wildman–Crippen LogP) is 4.19. The summed E-state index contributed by atoms with van der Waals surface area (Å²) in [6, 6.07) is 13.4. The molecule has 0 saturated heterocycles. The zero-order valence-corrected chi connectivity index (χ0v) is 12.7. The van der Waals surface area contributed by atoms with Gasteiger partial charge in [0.15, 0.2) is 0 Å². The van der Waals surface area contributed by atoms with Crippen LogP contribution in [0.25, 0.3) is 0 Å². The molecule has 0 bridgehead atoms. The maximum Gasteiger partial charge on any atom is 0.254 e. The molecule has 0 aromatic heterocycles. The lowest BCUT2D eigenvalue weighted by molar-refractivity contribution is 0.0941. The number of hydrogen-bond donors (Lipinski definition) is 1. The number of hydrogen-bond acceptors (Lipinski definition) is 1. The van der Waals surface area contributed by atoms with Crippen LogP contribution >= 0.6 is 11.6 Å². The molecular weight excluding hydrogens is 289 g/mol. The van der Waals surface area contributed by atoms with Crippen molar-refractivity contribution in [3.05, 3.63) is 70.5 Å². The van der Waals surface area contributed by atoms with Crippen molar-refractivity contribution in [1.82, 2.24) is 5.32 Å². The third-order valence-corrected chi connectivity index (χ3v) is 3.69. The molecule has 0 atom stereocenters. The molecule has 0 aliphatic heterocycles. The topological polar surface area (TPSA) is 29.1 Å². The van der Waals surface area contributed by atoms with Crippen LogP contribution in [0.3, 0.4) is 0 Å². The van der Waals surface area contributed by atoms with Gasteiger partial charge in [0.2, 0.25) is 0 Å². The molecule has 0 saturated carbocycles. The summed E-state index contributed by atoms with van der Waals surface area (Å²) in [5.74, 6) is -0.922. The van der Waals surface area contributed by atoms with Crippen molar-refractivity contribution in [2.24, 2.45) is 0 Å². The summed E-state index contributed by atoms with van der Waals surface area (Å²) in [4.78, 5) is 12.0. The van der Waals surface area contributed by atoms with Crippen molar-refractivity contribution in [3.8, 4) is 0 Å². The molecule has 2 aromatic carbocycles. The van der Waals surface area contributed by atoms with Gasteiger partial charge in [-0.2, -0.15) is 0 Å². The highest BCUT2D eigenvalue weighted by atomic mass is 35.5. The van der Waals surface area contributed by atoms with E-state index in [1.54, 1.807) is 12.1 Å². The van der Waals surface area contributed by atoms with Crippen LogP contribution in [0, 0.1) is 5.82 Å². The fourth-order valence-corrected chi connectivity index (χ4v) is 2.17. The van der Waals surface area contributed by atoms with Crippen LogP contribution in [0.5, 0.6) is 0 Å². The SMILES string of the molecule is CC(C)(CNC(=O)c1ccccc1F)c1ccc(Cl)cc1. The van der Waals surface area contributed by atoms with Crippen LogP contribution in [0.4, 0.5) is 4.39 Å². The number of nitrogens with one attached hydrogen (secondary N) is 1. The van der Waals surface area contributed by atoms with E-state index >= 15 is 0 Å². The van der Waals surface area contributed by atoms with E-state index in [1.807, 2.05) is 38.1 Å². The maximum atomic E-state index is 13.6. The Bertz CT molecular complexity index is 637. The monoisotopic (exact) mass is 305 g/mol. The lowest BCUT2D eigenvalue weighted by Crippen LogP contribution is -2.37. The molecule has 0 radical (unpaired) electrons. The molecule has 2 aromatic rings. The van der Waals surface area contributed by atoms with Gasteiger partial charge in [0.25, 0.3) is 5.91 Å². The minimum Gasteiger partial charge on any atom is -0.351 e. The van der Waals surface area contributed by atoms with Gasteiger partial charge in [0.05, 0.1) is 5.56 Å². The van der Waals surface area contributed by atoms with Crippen LogP contribution in [0.1, 0.15) is 29.8 Å². The van der Waals surface area contributed by atoms with Crippen molar-refractivity contribution in [2.45, 2.75) is 19.3 Å². The Morgan fingerprint density at radius 3 is 2.38 bits per heavy atom. The Hall–Kier alpha value is -1.87. The zero-order chi connectivity index (χ0) is 15.5. The van der Waals surface area contributed by atoms with E-state index in [-0.39, 0.29) is 11.0 Å². The molecule has 4 heteroatoms. The lowest BCUT2D eigenvalue weighted by atomic mass is 9.84. The Kier molecular flexibility index (Phi) is 4.63. The highest BCUT2D eigenvalue weighted by molar-refractivity contribution is 6.30. The van der Waals surface area contributed by atoms with Gasteiger partial charge in [-0.25, -0.2) is 4.39 Å². The average molecular weight is 306 g/mol. The highest BCUT2D eigenvalue weighted by Gasteiger charge is 2.22. The van der Waals surface area contributed by atoms with Gasteiger partial charge in [0.1, 0.15) is 5.82 Å². The first-order valence-electron chi connectivity index (χ1n) is 6.69. The molecule has 1 N–H and O–H groups in total. The summed E-state index contributed by atoms with van der Waals surface area (Å²) in [6.45, 7) is 4.43. The van der Waals surface area contributed by atoms with Crippen LogP contribution in [-0.4, -0.2) is 12.5 Å². The third kappa shape index (κ3) is 3.82. The highest BCUT2D eigenvalue weighted by Crippen LogP contribution is 2.24. The van der Waals surface area contributed by atoms with Crippen LogP contribution < -0.4 is 5.32 Å². The van der Waals surface area contributed by atoms with Crippen LogP contribution in [0.2, 0.25) is 5.02 Å². The van der Waals surface area contributed by atoms with Crippen molar-refractivity contribution in [2.75, 3.05) is 6.54 Å². The second kappa shape index (κ2) is 6.27. The zero-order valence-electron chi connectivity index (χ0n) is 12.0. The number of rotatable bonds is 4. The predicted molar refractivity (Wildman–Crippen MR) is 83.2 cm³/mol. The summed E-state index contributed by atoms with van der Waals surface area (Å²) in [5.41, 5.74) is 0.844. The molecule has 110 valence electrons. The smallest absolute Gasteiger partial charge is 0.254 e. The number of carbonyl (C=O) groups is 1. The Morgan fingerprint density at radius 2 is 1.76 bits per heavy atom. The Labute approximate surface area is 128 Å². The van der Waals surface area contributed by atoms with E-state index in [0.29, 0.717) is 11.6 Å². The van der Waals surface area contributed by atoms with E-state index in [2.05, 4.69) is 5.32 Å². The fourth-order valence-electron chi connectivity index (χ4n) is 2.04. The van der Waals surface area contributed by atoms with E-state index < -0.39 is 11.7 Å². The number of carbonyl (C=O) groups excluding carboxylic acids is 1. The molecule has 0 fully saturated rings. The normalized spacial score (nSPS) is 11.2. The second-order valence-electron chi connectivity index (χ2n) is 5.55. The van der Waals surface area contributed by atoms with Crippen LogP contribution in [0.15, 0.2) is 48.5 Å². The first-order chi connectivity index (χ1) is 9.90. The van der Waals surface area contributed by atoms with Crippen molar-refractivity contribution < 1.29 is 9.18 Å². The lowest BCUT2D eigenvalue weighted by Gasteiger charge is -2.25. The first kappa shape index (κ1) is 15.5. The summed E-state index contributed by atoms with van der Waals surface area (Å²) < 4.78 is 13.6. The number of halogens is 2. The summed E-state index contributed by atoms with van der Waals surface area (Å²) in [6.07, 6.45) is 0. The first-order valence-corrected chi connectivity index (χ1v) is 7.07. The fraction of sp³-hybridized carbons (Fsp3) is 0.235. The minimum atomic E-state index is -0.515. The van der Waals surface area contributed by atoms with Gasteiger partial charge in [0, 0.05) is 17.0 Å². The van der Waals surface area contributed by atoms with E-state index in [1.165, 1.54) is 12.1 Å². The third-order valence-electron chi connectivity index (χ3n) is 3.44. The minimum absolute atomic E-state index is 0.0596. The second-order valence-corrected chi connectivity index (χ2v) is 5.99. The van der Waals surface area contributed by atoms with Gasteiger partial charge in [-0.15, -0.1) is 0 Å². The molecule has 0 unspecified atom stereocenters. The standard InChI is InChI=1S/C17H17ClFNO/c1-17(2,12-7-9-13(18)10-8-12)11-20-16(21)14-5-3-4-6-15(14)19/h3-10H,11H2,1-2H3,(H,20,21). The molecule has 2 rings (SSSR count). The van der Waals surface area contributed by atoms with Gasteiger partial charge in [-0.1, -0.05) is 49.7 Å². The number of amides is 1. The molecule has 2 nitrogen and oxygen atoms in total. The van der Waals surface area contributed by atoms with Gasteiger partial charge in [-0.3, -0.25) is 4.79 Å². The quantitative estimate of drug-likeness (QED) is 0.901. The molecule has 0 aliphatic rings. The van der Waals surface area contributed by atoms with Gasteiger partial charge < -0.3 is 5.32 Å². The van der Waals surface area contributed by atoms with Crippen molar-refractivity contribution in [3.63, 3.8) is 0 Å². The maximum absolute atomic E-state index is 13.6. The Morgan fingerprint density at radius 1 is 1.14 bits per heavy atom. The molecular formula is C17H17ClFNO.